The topological polar surface area (TPSA) is 117 Å². The van der Waals surface area contributed by atoms with Crippen molar-refractivity contribution in [3.8, 4) is 11.8 Å². The van der Waals surface area contributed by atoms with Crippen molar-refractivity contribution in [2.45, 2.75) is 32.7 Å². The lowest BCUT2D eigenvalue weighted by atomic mass is 10.2. The first kappa shape index (κ1) is 26.2. The molecule has 188 valence electrons. The smallest absolute Gasteiger partial charge is 0.246 e. The minimum absolute atomic E-state index is 0.194. The molecular weight excluding hydrogens is 456 g/mol. The molecule has 0 bridgehead atoms. The van der Waals surface area contributed by atoms with Crippen LogP contribution in [0.2, 0.25) is 0 Å². The number of anilines is 3. The summed E-state index contributed by atoms with van der Waals surface area (Å²) in [7, 11) is 5.30. The van der Waals surface area contributed by atoms with Crippen molar-refractivity contribution in [3.63, 3.8) is 0 Å². The number of allylic oxidation sites excluding steroid dienone is 1. The van der Waals surface area contributed by atoms with Gasteiger partial charge >= 0.3 is 0 Å². The first-order valence-electron chi connectivity index (χ1n) is 11.7. The second-order valence-electron chi connectivity index (χ2n) is 8.19. The number of rotatable bonds is 9. The minimum Gasteiger partial charge on any atom is -0.372 e. The Balaban J connectivity index is 1.51. The van der Waals surface area contributed by atoms with Crippen LogP contribution in [0.4, 0.5) is 17.5 Å². The van der Waals surface area contributed by atoms with E-state index in [1.54, 1.807) is 40.2 Å². The maximum atomic E-state index is 12.3. The van der Waals surface area contributed by atoms with E-state index in [0.717, 1.165) is 16.6 Å². The Labute approximate surface area is 211 Å². The summed E-state index contributed by atoms with van der Waals surface area (Å²) in [4.78, 5) is 34.4. The molecule has 2 aromatic heterocycles. The first-order valence-corrected chi connectivity index (χ1v) is 11.7. The van der Waals surface area contributed by atoms with Crippen molar-refractivity contribution in [3.05, 3.63) is 48.3 Å². The molecule has 2 heterocycles. The fourth-order valence-electron chi connectivity index (χ4n) is 3.42. The number of carbonyl (C=O) groups excluding carboxylic acids is 2. The van der Waals surface area contributed by atoms with Gasteiger partial charge in [0.15, 0.2) is 0 Å². The van der Waals surface area contributed by atoms with E-state index in [1.807, 2.05) is 36.1 Å². The van der Waals surface area contributed by atoms with Gasteiger partial charge in [0, 0.05) is 45.2 Å². The van der Waals surface area contributed by atoms with Crippen LogP contribution in [0, 0.1) is 11.8 Å². The zero-order valence-corrected chi connectivity index (χ0v) is 21.3. The van der Waals surface area contributed by atoms with Crippen LogP contribution in [-0.2, 0) is 16.6 Å². The van der Waals surface area contributed by atoms with Gasteiger partial charge in [-0.3, -0.25) is 14.3 Å². The third-order valence-corrected chi connectivity index (χ3v) is 5.65. The molecule has 0 aliphatic rings. The number of benzene rings is 1. The zero-order valence-electron chi connectivity index (χ0n) is 21.3. The molecule has 10 nitrogen and oxygen atoms in total. The maximum Gasteiger partial charge on any atom is 0.246 e. The number of carbonyl (C=O) groups is 2. The van der Waals surface area contributed by atoms with Crippen LogP contribution in [-0.4, -0.2) is 63.1 Å². The molecule has 1 aromatic carbocycles. The largest absolute Gasteiger partial charge is 0.372 e. The van der Waals surface area contributed by atoms with E-state index in [9.17, 15) is 9.59 Å². The fraction of sp³-hybridized carbons (Fsp3) is 0.346. The third-order valence-electron chi connectivity index (χ3n) is 5.65. The molecule has 1 unspecified atom stereocenters. The lowest BCUT2D eigenvalue weighted by Gasteiger charge is -2.22. The number of unbranched alkanes of at least 4 members (excludes halogenated alkanes) is 1. The Morgan fingerprint density at radius 3 is 2.83 bits per heavy atom. The number of amides is 2. The predicted molar refractivity (Wildman–Crippen MR) is 142 cm³/mol. The Morgan fingerprint density at radius 2 is 2.08 bits per heavy atom. The molecule has 3 aromatic rings. The summed E-state index contributed by atoms with van der Waals surface area (Å²) in [5.41, 5.74) is 2.60. The third kappa shape index (κ3) is 6.60. The normalized spacial score (nSPS) is 11.6. The lowest BCUT2D eigenvalue weighted by Crippen LogP contribution is -2.45. The van der Waals surface area contributed by atoms with E-state index < -0.39 is 6.04 Å². The summed E-state index contributed by atoms with van der Waals surface area (Å²) in [5, 5.41) is 14.4. The van der Waals surface area contributed by atoms with E-state index in [0.29, 0.717) is 36.7 Å². The standard InChI is InChI=1S/C26H32N8O2/c1-6-10-23(35)33(4)18(2)25(36)28-14-9-7-8-11-19-16-29-26(32-24(19)27-3)31-21-12-13-22-20(15-21)17-30-34(22)5/h6,10,12-13,15-18H,7,9,14H2,1-5H3,(H,28,36)(H2,27,29,31,32). The molecule has 0 aliphatic heterocycles. The number of aromatic nitrogens is 4. The van der Waals surface area contributed by atoms with E-state index in [4.69, 9.17) is 0 Å². The summed E-state index contributed by atoms with van der Waals surface area (Å²) in [6.45, 7) is 3.94. The molecule has 2 amide bonds. The number of nitrogens with zero attached hydrogens (tertiary/aromatic N) is 5. The van der Waals surface area contributed by atoms with Gasteiger partial charge in [-0.1, -0.05) is 17.9 Å². The van der Waals surface area contributed by atoms with Gasteiger partial charge in [-0.05, 0) is 44.5 Å². The first-order chi connectivity index (χ1) is 17.3. The van der Waals surface area contributed by atoms with E-state index in [2.05, 4.69) is 42.9 Å². The van der Waals surface area contributed by atoms with Crippen LogP contribution in [0.15, 0.2) is 42.7 Å². The molecule has 0 saturated carbocycles. The summed E-state index contributed by atoms with van der Waals surface area (Å²) in [6.07, 6.45) is 7.86. The number of likely N-dealkylation sites (N-methyl/N-ethyl adjacent to an activating group) is 1. The lowest BCUT2D eigenvalue weighted by molar-refractivity contribution is -0.135. The van der Waals surface area contributed by atoms with Gasteiger partial charge in [-0.25, -0.2) is 4.98 Å². The Bertz CT molecular complexity index is 1320. The summed E-state index contributed by atoms with van der Waals surface area (Å²) < 4.78 is 1.82. The molecule has 10 heteroatoms. The van der Waals surface area contributed by atoms with Gasteiger partial charge < -0.3 is 20.9 Å². The summed E-state index contributed by atoms with van der Waals surface area (Å²) >= 11 is 0. The predicted octanol–water partition coefficient (Wildman–Crippen LogP) is 2.82. The van der Waals surface area contributed by atoms with Crippen molar-refractivity contribution in [1.82, 2.24) is 30.0 Å². The number of fused-ring (bicyclic) bond motifs is 1. The highest BCUT2D eigenvalue weighted by Gasteiger charge is 2.20. The van der Waals surface area contributed by atoms with Gasteiger partial charge in [-0.2, -0.15) is 10.1 Å². The number of hydrogen-bond acceptors (Lipinski definition) is 7. The number of aryl methyl sites for hydroxylation is 1. The monoisotopic (exact) mass is 488 g/mol. The maximum absolute atomic E-state index is 12.3. The highest BCUT2D eigenvalue weighted by molar-refractivity contribution is 5.92. The van der Waals surface area contributed by atoms with Gasteiger partial charge in [0.1, 0.15) is 11.9 Å². The van der Waals surface area contributed by atoms with Crippen molar-refractivity contribution in [1.29, 1.82) is 0 Å². The Kier molecular flexibility index (Phi) is 9.00. The summed E-state index contributed by atoms with van der Waals surface area (Å²) in [5.74, 6) is 6.88. The van der Waals surface area contributed by atoms with Crippen LogP contribution < -0.4 is 16.0 Å². The highest BCUT2D eigenvalue weighted by atomic mass is 16.2. The van der Waals surface area contributed by atoms with Crippen molar-refractivity contribution >= 4 is 40.2 Å². The number of hydrogen-bond donors (Lipinski definition) is 3. The second kappa shape index (κ2) is 12.4. The minimum atomic E-state index is -0.548. The number of nitrogens with one attached hydrogen (secondary N) is 3. The average molecular weight is 489 g/mol. The van der Waals surface area contributed by atoms with Gasteiger partial charge in [-0.15, -0.1) is 0 Å². The zero-order chi connectivity index (χ0) is 26.1. The van der Waals surface area contributed by atoms with E-state index in [-0.39, 0.29) is 11.8 Å². The molecule has 3 N–H and O–H groups in total. The molecule has 0 aliphatic carbocycles. The SMILES string of the molecule is CC=CC(=O)N(C)C(C)C(=O)NCCCC#Cc1cnc(Nc2ccc3c(cnn3C)c2)nc1NC. The van der Waals surface area contributed by atoms with Gasteiger partial charge in [0.25, 0.3) is 0 Å². The van der Waals surface area contributed by atoms with Crippen LogP contribution in [0.25, 0.3) is 10.9 Å². The van der Waals surface area contributed by atoms with E-state index >= 15 is 0 Å². The molecule has 1 atom stereocenters. The Hall–Kier alpha value is -4.39. The summed E-state index contributed by atoms with van der Waals surface area (Å²) in [6, 6.07) is 5.40. The molecule has 0 radical (unpaired) electrons. The van der Waals surface area contributed by atoms with Gasteiger partial charge in [0.05, 0.1) is 23.5 Å². The Morgan fingerprint density at radius 1 is 1.28 bits per heavy atom. The van der Waals surface area contributed by atoms with Crippen LogP contribution >= 0.6 is 0 Å². The van der Waals surface area contributed by atoms with Crippen LogP contribution in [0.3, 0.4) is 0 Å². The van der Waals surface area contributed by atoms with Crippen molar-refractivity contribution < 1.29 is 9.59 Å². The quantitative estimate of drug-likeness (QED) is 0.241. The van der Waals surface area contributed by atoms with Crippen LogP contribution in [0.1, 0.15) is 32.3 Å². The van der Waals surface area contributed by atoms with Crippen LogP contribution in [0.5, 0.6) is 0 Å². The van der Waals surface area contributed by atoms with Crippen molar-refractivity contribution in [2.75, 3.05) is 31.3 Å². The van der Waals surface area contributed by atoms with Gasteiger partial charge in [0.2, 0.25) is 17.8 Å². The molecule has 36 heavy (non-hydrogen) atoms. The molecular formula is C26H32N8O2. The molecule has 0 fully saturated rings. The molecule has 0 spiro atoms. The highest BCUT2D eigenvalue weighted by Crippen LogP contribution is 2.21. The fourth-order valence-corrected chi connectivity index (χ4v) is 3.42. The van der Waals surface area contributed by atoms with Crippen molar-refractivity contribution in [2.24, 2.45) is 7.05 Å². The second-order valence-corrected chi connectivity index (χ2v) is 8.19. The molecule has 3 rings (SSSR count). The van der Waals surface area contributed by atoms with E-state index in [1.165, 1.54) is 11.0 Å². The average Bonchev–Trinajstić information content (AvgIpc) is 3.25. The molecule has 0 saturated heterocycles.